The molecule has 3 aromatic carbocycles. The number of benzene rings is 3. The van der Waals surface area contributed by atoms with E-state index in [-0.39, 0.29) is 0 Å². The summed E-state index contributed by atoms with van der Waals surface area (Å²) in [6.45, 7) is 0. The lowest BCUT2D eigenvalue weighted by Gasteiger charge is -2.10. The lowest BCUT2D eigenvalue weighted by Crippen LogP contribution is -2.00. The van der Waals surface area contributed by atoms with E-state index in [1.165, 1.54) is 11.8 Å². The Bertz CT molecular complexity index is 1350. The summed E-state index contributed by atoms with van der Waals surface area (Å²) in [6.07, 6.45) is 0. The molecule has 0 N–H and O–H groups in total. The van der Waals surface area contributed by atoms with E-state index in [4.69, 9.17) is 20.9 Å². The van der Waals surface area contributed by atoms with Crippen molar-refractivity contribution >= 4 is 23.4 Å². The Morgan fingerprint density at radius 2 is 1.67 bits per heavy atom. The predicted molar refractivity (Wildman–Crippen MR) is 128 cm³/mol. The van der Waals surface area contributed by atoms with Crippen LogP contribution in [-0.4, -0.2) is 32.0 Å². The number of nitrogens with zero attached hydrogens (tertiary/aromatic N) is 5. The number of rotatable bonds is 7. The minimum Gasteiger partial charge on any atom is -0.497 e. The molecule has 0 saturated heterocycles. The second-order valence-corrected chi connectivity index (χ2v) is 8.39. The molecule has 0 spiro atoms. The molecule has 0 saturated carbocycles. The predicted octanol–water partition coefficient (Wildman–Crippen LogP) is 5.94. The molecule has 0 aliphatic carbocycles. The Kier molecular flexibility index (Phi) is 6.10. The van der Waals surface area contributed by atoms with Crippen LogP contribution in [-0.2, 0) is 5.75 Å². The average molecular weight is 476 g/mol. The SMILES string of the molecule is COc1ccc(-n2c(SCc3nc(-c4ccc(Cl)cc4)no3)nnc2-c2ccccc2)cc1. The third-order valence-corrected chi connectivity index (χ3v) is 6.06. The molecular weight excluding hydrogens is 458 g/mol. The van der Waals surface area contributed by atoms with Crippen LogP contribution in [0.5, 0.6) is 5.75 Å². The van der Waals surface area contributed by atoms with Gasteiger partial charge in [-0.05, 0) is 48.5 Å². The summed E-state index contributed by atoms with van der Waals surface area (Å²) in [6, 6.07) is 25.0. The van der Waals surface area contributed by atoms with Gasteiger partial charge in [0, 0.05) is 21.8 Å². The van der Waals surface area contributed by atoms with Crippen LogP contribution in [0.2, 0.25) is 5.02 Å². The fourth-order valence-corrected chi connectivity index (χ4v) is 4.17. The van der Waals surface area contributed by atoms with Gasteiger partial charge in [0.05, 0.1) is 12.9 Å². The minimum absolute atomic E-state index is 0.448. The molecule has 2 heterocycles. The fourth-order valence-electron chi connectivity index (χ4n) is 3.26. The van der Waals surface area contributed by atoms with Gasteiger partial charge in [0.1, 0.15) is 5.75 Å². The van der Waals surface area contributed by atoms with E-state index in [2.05, 4.69) is 20.3 Å². The van der Waals surface area contributed by atoms with Crippen molar-refractivity contribution < 1.29 is 9.26 Å². The van der Waals surface area contributed by atoms with Gasteiger partial charge in [-0.2, -0.15) is 4.98 Å². The molecule has 7 nitrogen and oxygen atoms in total. The second kappa shape index (κ2) is 9.48. The zero-order chi connectivity index (χ0) is 22.6. The van der Waals surface area contributed by atoms with Crippen molar-refractivity contribution in [3.63, 3.8) is 0 Å². The number of ether oxygens (including phenoxy) is 1. The van der Waals surface area contributed by atoms with Crippen LogP contribution in [0, 0.1) is 0 Å². The van der Waals surface area contributed by atoms with Gasteiger partial charge < -0.3 is 9.26 Å². The van der Waals surface area contributed by atoms with Gasteiger partial charge in [-0.3, -0.25) is 4.57 Å². The molecule has 0 radical (unpaired) electrons. The van der Waals surface area contributed by atoms with Crippen molar-refractivity contribution in [1.29, 1.82) is 0 Å². The van der Waals surface area contributed by atoms with E-state index in [1.54, 1.807) is 19.2 Å². The minimum atomic E-state index is 0.448. The standard InChI is InChI=1S/C24H18ClN5O2S/c1-31-20-13-11-19(12-14-20)30-23(17-5-3-2-4-6-17)27-28-24(30)33-15-21-26-22(29-32-21)16-7-9-18(25)10-8-16/h2-14H,15H2,1H3. The van der Waals surface area contributed by atoms with E-state index < -0.39 is 0 Å². The molecule has 0 bridgehead atoms. The molecule has 9 heteroatoms. The van der Waals surface area contributed by atoms with Crippen LogP contribution in [0.15, 0.2) is 88.5 Å². The van der Waals surface area contributed by atoms with Crippen LogP contribution in [0.25, 0.3) is 28.5 Å². The van der Waals surface area contributed by atoms with Crippen LogP contribution < -0.4 is 4.74 Å². The first kappa shape index (κ1) is 21.2. The monoisotopic (exact) mass is 475 g/mol. The molecule has 0 amide bonds. The average Bonchev–Trinajstić information content (AvgIpc) is 3.51. The van der Waals surface area contributed by atoms with E-state index in [0.29, 0.717) is 27.6 Å². The lowest BCUT2D eigenvalue weighted by atomic mass is 10.2. The van der Waals surface area contributed by atoms with E-state index in [9.17, 15) is 0 Å². The van der Waals surface area contributed by atoms with Crippen molar-refractivity contribution in [2.24, 2.45) is 0 Å². The molecule has 0 unspecified atom stereocenters. The molecule has 0 aliphatic heterocycles. The molecule has 2 aromatic heterocycles. The van der Waals surface area contributed by atoms with Crippen LogP contribution >= 0.6 is 23.4 Å². The largest absolute Gasteiger partial charge is 0.497 e. The van der Waals surface area contributed by atoms with Gasteiger partial charge in [0.25, 0.3) is 0 Å². The summed E-state index contributed by atoms with van der Waals surface area (Å²) in [5.74, 6) is 2.99. The Labute approximate surface area is 199 Å². The molecule has 5 aromatic rings. The highest BCUT2D eigenvalue weighted by Gasteiger charge is 2.18. The van der Waals surface area contributed by atoms with Gasteiger partial charge in [-0.25, -0.2) is 0 Å². The normalized spacial score (nSPS) is 11.0. The number of thioether (sulfide) groups is 1. The van der Waals surface area contributed by atoms with Gasteiger partial charge in [-0.1, -0.05) is 58.9 Å². The molecule has 164 valence electrons. The quantitative estimate of drug-likeness (QED) is 0.269. The smallest absolute Gasteiger partial charge is 0.237 e. The maximum absolute atomic E-state index is 5.96. The van der Waals surface area contributed by atoms with Crippen LogP contribution in [0.1, 0.15) is 5.89 Å². The van der Waals surface area contributed by atoms with E-state index in [1.807, 2.05) is 71.3 Å². The highest BCUT2D eigenvalue weighted by molar-refractivity contribution is 7.98. The van der Waals surface area contributed by atoms with Crippen molar-refractivity contribution in [3.8, 4) is 34.2 Å². The van der Waals surface area contributed by atoms with Crippen molar-refractivity contribution in [1.82, 2.24) is 24.9 Å². The topological polar surface area (TPSA) is 78.9 Å². The molecule has 5 rings (SSSR count). The fraction of sp³-hybridized carbons (Fsp3) is 0.0833. The Morgan fingerprint density at radius 3 is 2.39 bits per heavy atom. The summed E-state index contributed by atoms with van der Waals surface area (Å²) in [5, 5.41) is 14.4. The maximum atomic E-state index is 5.96. The summed E-state index contributed by atoms with van der Waals surface area (Å²) in [4.78, 5) is 4.50. The summed E-state index contributed by atoms with van der Waals surface area (Å²) in [7, 11) is 1.65. The Hall–Kier alpha value is -3.62. The Balaban J connectivity index is 1.43. The van der Waals surface area contributed by atoms with Gasteiger partial charge in [-0.15, -0.1) is 10.2 Å². The molecular formula is C24H18ClN5O2S. The summed E-state index contributed by atoms with van der Waals surface area (Å²) in [5.41, 5.74) is 2.73. The molecule has 0 fully saturated rings. The third-order valence-electron chi connectivity index (χ3n) is 4.89. The van der Waals surface area contributed by atoms with Gasteiger partial charge in [0.2, 0.25) is 11.7 Å². The lowest BCUT2D eigenvalue weighted by molar-refractivity contribution is 0.391. The zero-order valence-corrected chi connectivity index (χ0v) is 19.1. The summed E-state index contributed by atoms with van der Waals surface area (Å²) >= 11 is 7.43. The number of hydrogen-bond donors (Lipinski definition) is 0. The molecule has 33 heavy (non-hydrogen) atoms. The maximum Gasteiger partial charge on any atom is 0.237 e. The number of halogens is 1. The highest BCUT2D eigenvalue weighted by Crippen LogP contribution is 2.30. The highest BCUT2D eigenvalue weighted by atomic mass is 35.5. The van der Waals surface area contributed by atoms with Crippen LogP contribution in [0.3, 0.4) is 0 Å². The van der Waals surface area contributed by atoms with Crippen molar-refractivity contribution in [2.75, 3.05) is 7.11 Å². The molecule has 0 aliphatic rings. The first-order chi connectivity index (χ1) is 16.2. The number of methoxy groups -OCH3 is 1. The second-order valence-electron chi connectivity index (χ2n) is 7.01. The van der Waals surface area contributed by atoms with E-state index >= 15 is 0 Å². The van der Waals surface area contributed by atoms with Crippen molar-refractivity contribution in [2.45, 2.75) is 10.9 Å². The summed E-state index contributed by atoms with van der Waals surface area (Å²) < 4.78 is 12.8. The van der Waals surface area contributed by atoms with Gasteiger partial charge >= 0.3 is 0 Å². The van der Waals surface area contributed by atoms with E-state index in [0.717, 1.165) is 28.4 Å². The third kappa shape index (κ3) is 4.62. The first-order valence-corrected chi connectivity index (χ1v) is 11.4. The zero-order valence-electron chi connectivity index (χ0n) is 17.6. The number of aromatic nitrogens is 5. The first-order valence-electron chi connectivity index (χ1n) is 10.1. The number of hydrogen-bond acceptors (Lipinski definition) is 7. The van der Waals surface area contributed by atoms with Crippen molar-refractivity contribution in [3.05, 3.63) is 89.8 Å². The van der Waals surface area contributed by atoms with Crippen LogP contribution in [0.4, 0.5) is 0 Å². The molecule has 0 atom stereocenters. The van der Waals surface area contributed by atoms with Gasteiger partial charge in [0.15, 0.2) is 11.0 Å². The Morgan fingerprint density at radius 1 is 0.909 bits per heavy atom.